The number of nitrogens with one attached hydrogen (secondary N) is 2. The van der Waals surface area contributed by atoms with Gasteiger partial charge in [0.15, 0.2) is 11.5 Å². The van der Waals surface area contributed by atoms with Gasteiger partial charge in [0.1, 0.15) is 6.54 Å². The van der Waals surface area contributed by atoms with Gasteiger partial charge in [0.25, 0.3) is 5.91 Å². The summed E-state index contributed by atoms with van der Waals surface area (Å²) in [4.78, 5) is 14.2. The van der Waals surface area contributed by atoms with Crippen molar-refractivity contribution in [2.24, 2.45) is 0 Å². The third-order valence-corrected chi connectivity index (χ3v) is 4.59. The molecular weight excluding hydrogens is 344 g/mol. The lowest BCUT2D eigenvalue weighted by atomic mass is 10.1. The number of benzene rings is 2. The fraction of sp³-hybridized carbons (Fsp3) is 0.381. The van der Waals surface area contributed by atoms with Gasteiger partial charge in [0, 0.05) is 16.8 Å². The molecule has 2 rings (SSSR count). The number of anilines is 1. The normalized spacial score (nSPS) is 10.6. The second-order valence-electron chi connectivity index (χ2n) is 6.20. The Morgan fingerprint density at radius 2 is 1.48 bits per heavy atom. The molecule has 0 aromatic heterocycles. The molecule has 6 nitrogen and oxygen atoms in total. The molecule has 0 heterocycles. The van der Waals surface area contributed by atoms with E-state index in [2.05, 4.69) is 31.3 Å². The van der Waals surface area contributed by atoms with Crippen LogP contribution in [0.1, 0.15) is 29.8 Å². The van der Waals surface area contributed by atoms with Crippen LogP contribution in [0.15, 0.2) is 36.4 Å². The van der Waals surface area contributed by atoms with Crippen molar-refractivity contribution in [1.29, 1.82) is 0 Å². The molecule has 0 spiro atoms. The number of carbonyl (C=O) groups is 1. The van der Waals surface area contributed by atoms with Gasteiger partial charge in [-0.3, -0.25) is 4.79 Å². The number of quaternary nitrogens is 1. The van der Waals surface area contributed by atoms with Crippen molar-refractivity contribution in [2.45, 2.75) is 20.4 Å². The van der Waals surface area contributed by atoms with Crippen molar-refractivity contribution in [3.63, 3.8) is 0 Å². The molecule has 0 bridgehead atoms. The molecule has 0 aliphatic carbocycles. The fourth-order valence-corrected chi connectivity index (χ4v) is 2.91. The highest BCUT2D eigenvalue weighted by atomic mass is 16.5. The molecule has 0 radical (unpaired) electrons. The minimum Gasteiger partial charge on any atom is -0.493 e. The van der Waals surface area contributed by atoms with E-state index in [1.165, 1.54) is 31.8 Å². The van der Waals surface area contributed by atoms with Crippen LogP contribution in [0.3, 0.4) is 0 Å². The molecule has 2 aromatic rings. The van der Waals surface area contributed by atoms with E-state index in [1.54, 1.807) is 12.1 Å². The number of hydrogen-bond acceptors (Lipinski definition) is 4. The third kappa shape index (κ3) is 5.14. The summed E-state index contributed by atoms with van der Waals surface area (Å²) in [5.41, 5.74) is 2.42. The standard InChI is InChI=1S/C21H28N2O4/c1-6-23(7-2)14-15-8-10-17(11-9-15)22-21(24)16-12-18(25-3)20(27-5)19(13-16)26-4/h8-13H,6-7,14H2,1-5H3,(H,22,24)/p+1. The summed E-state index contributed by atoms with van der Waals surface area (Å²) in [5, 5.41) is 2.91. The Hall–Kier alpha value is -2.73. The summed E-state index contributed by atoms with van der Waals surface area (Å²) in [5.74, 6) is 1.11. The van der Waals surface area contributed by atoms with E-state index in [0.29, 0.717) is 22.8 Å². The van der Waals surface area contributed by atoms with Crippen molar-refractivity contribution in [3.05, 3.63) is 47.5 Å². The SMILES string of the molecule is CC[NH+](CC)Cc1ccc(NC(=O)c2cc(OC)c(OC)c(OC)c2)cc1. The van der Waals surface area contributed by atoms with Gasteiger partial charge in [-0.15, -0.1) is 0 Å². The number of hydrogen-bond donors (Lipinski definition) is 2. The van der Waals surface area contributed by atoms with Crippen molar-refractivity contribution in [2.75, 3.05) is 39.7 Å². The van der Waals surface area contributed by atoms with E-state index >= 15 is 0 Å². The Bertz CT molecular complexity index is 730. The number of methoxy groups -OCH3 is 3. The van der Waals surface area contributed by atoms with Crippen LogP contribution in [0, 0.1) is 0 Å². The number of amides is 1. The first kappa shape index (κ1) is 20.6. The molecular formula is C21H29N2O4+. The zero-order valence-corrected chi connectivity index (χ0v) is 16.7. The molecule has 0 fully saturated rings. The Kier molecular flexibility index (Phi) is 7.49. The van der Waals surface area contributed by atoms with Gasteiger partial charge in [0.2, 0.25) is 5.75 Å². The van der Waals surface area contributed by atoms with Gasteiger partial charge in [-0.25, -0.2) is 0 Å². The van der Waals surface area contributed by atoms with Gasteiger partial charge in [-0.05, 0) is 38.1 Å². The molecule has 0 atom stereocenters. The van der Waals surface area contributed by atoms with Crippen LogP contribution in [-0.2, 0) is 6.54 Å². The average Bonchev–Trinajstić information content (AvgIpc) is 2.71. The number of carbonyl (C=O) groups excluding carboxylic acids is 1. The lowest BCUT2D eigenvalue weighted by Crippen LogP contribution is -3.10. The Labute approximate surface area is 161 Å². The Morgan fingerprint density at radius 1 is 0.926 bits per heavy atom. The van der Waals surface area contributed by atoms with Crippen LogP contribution in [0.2, 0.25) is 0 Å². The quantitative estimate of drug-likeness (QED) is 0.709. The van der Waals surface area contributed by atoms with Crippen LogP contribution in [0.5, 0.6) is 17.2 Å². The fourth-order valence-electron chi connectivity index (χ4n) is 2.91. The third-order valence-electron chi connectivity index (χ3n) is 4.59. The van der Waals surface area contributed by atoms with Gasteiger partial charge < -0.3 is 24.4 Å². The Morgan fingerprint density at radius 3 is 1.93 bits per heavy atom. The van der Waals surface area contributed by atoms with E-state index in [-0.39, 0.29) is 5.91 Å². The molecule has 2 aromatic carbocycles. The van der Waals surface area contributed by atoms with Gasteiger partial charge in [-0.2, -0.15) is 0 Å². The summed E-state index contributed by atoms with van der Waals surface area (Å²) in [7, 11) is 4.58. The topological polar surface area (TPSA) is 61.2 Å². The highest BCUT2D eigenvalue weighted by Crippen LogP contribution is 2.38. The van der Waals surface area contributed by atoms with E-state index in [9.17, 15) is 4.79 Å². The van der Waals surface area contributed by atoms with Gasteiger partial charge >= 0.3 is 0 Å². The van der Waals surface area contributed by atoms with E-state index in [4.69, 9.17) is 14.2 Å². The second-order valence-corrected chi connectivity index (χ2v) is 6.20. The molecule has 6 heteroatoms. The van der Waals surface area contributed by atoms with Crippen molar-refractivity contribution >= 4 is 11.6 Å². The smallest absolute Gasteiger partial charge is 0.255 e. The first-order valence-corrected chi connectivity index (χ1v) is 9.10. The highest BCUT2D eigenvalue weighted by molar-refractivity contribution is 6.05. The minimum absolute atomic E-state index is 0.239. The van der Waals surface area contributed by atoms with Gasteiger partial charge in [0.05, 0.1) is 34.4 Å². The van der Waals surface area contributed by atoms with Crippen molar-refractivity contribution < 1.29 is 23.9 Å². The maximum Gasteiger partial charge on any atom is 0.255 e. The molecule has 0 saturated heterocycles. The zero-order chi connectivity index (χ0) is 19.8. The molecule has 0 aliphatic rings. The van der Waals surface area contributed by atoms with E-state index < -0.39 is 0 Å². The summed E-state index contributed by atoms with van der Waals surface area (Å²) >= 11 is 0. The number of ether oxygens (including phenoxy) is 3. The molecule has 2 N–H and O–H groups in total. The van der Waals surface area contributed by atoms with Crippen molar-refractivity contribution in [3.8, 4) is 17.2 Å². The maximum absolute atomic E-state index is 12.6. The Balaban J connectivity index is 2.15. The average molecular weight is 373 g/mol. The molecule has 0 aliphatic heterocycles. The van der Waals surface area contributed by atoms with Crippen LogP contribution >= 0.6 is 0 Å². The predicted molar refractivity (Wildman–Crippen MR) is 106 cm³/mol. The first-order valence-electron chi connectivity index (χ1n) is 9.10. The molecule has 0 saturated carbocycles. The van der Waals surface area contributed by atoms with Crippen LogP contribution in [-0.4, -0.2) is 40.3 Å². The van der Waals surface area contributed by atoms with Crippen LogP contribution < -0.4 is 24.4 Å². The molecule has 27 heavy (non-hydrogen) atoms. The van der Waals surface area contributed by atoms with E-state index in [0.717, 1.165) is 25.3 Å². The molecule has 146 valence electrons. The highest BCUT2D eigenvalue weighted by Gasteiger charge is 2.17. The minimum atomic E-state index is -0.239. The summed E-state index contributed by atoms with van der Waals surface area (Å²) in [6.45, 7) is 7.54. The van der Waals surface area contributed by atoms with Crippen LogP contribution in [0.25, 0.3) is 0 Å². The van der Waals surface area contributed by atoms with E-state index in [1.807, 2.05) is 12.1 Å². The number of rotatable bonds is 9. The maximum atomic E-state index is 12.6. The summed E-state index contributed by atoms with van der Waals surface area (Å²) in [6, 6.07) is 11.2. The lowest BCUT2D eigenvalue weighted by Gasteiger charge is -2.16. The van der Waals surface area contributed by atoms with Gasteiger partial charge in [-0.1, -0.05) is 12.1 Å². The summed E-state index contributed by atoms with van der Waals surface area (Å²) < 4.78 is 15.9. The van der Waals surface area contributed by atoms with Crippen molar-refractivity contribution in [1.82, 2.24) is 0 Å². The van der Waals surface area contributed by atoms with Crippen LogP contribution in [0.4, 0.5) is 5.69 Å². The lowest BCUT2D eigenvalue weighted by molar-refractivity contribution is -0.910. The summed E-state index contributed by atoms with van der Waals surface area (Å²) in [6.07, 6.45) is 0. The molecule has 1 amide bonds. The predicted octanol–water partition coefficient (Wildman–Crippen LogP) is 2.39. The zero-order valence-electron chi connectivity index (χ0n) is 16.7. The largest absolute Gasteiger partial charge is 0.493 e. The molecule has 0 unspecified atom stereocenters. The monoisotopic (exact) mass is 373 g/mol. The first-order chi connectivity index (χ1) is 13.1. The second kappa shape index (κ2) is 9.83.